The molecule has 0 bridgehead atoms. The lowest BCUT2D eigenvalue weighted by atomic mass is 9.91. The standard InChI is InChI=1S/C29H28FNO4/c1-18(2)28-27(21-9-12-25(30)19(3)15-21)23-11-10-22(35-17-20-7-5-4-6-8-20)16-24(23)29(34)31(28)14-13-26(32)33/h4-12,15-16,18H,13-14,17H2,1-3H3,(H,32,33). The van der Waals surface area contributed by atoms with E-state index in [4.69, 9.17) is 4.74 Å². The SMILES string of the molecule is Cc1cc(-c2c(C(C)C)n(CCC(=O)O)c(=O)c3cc(OCc4ccccc4)ccc23)ccc1F. The van der Waals surface area contributed by atoms with E-state index in [-0.39, 0.29) is 30.3 Å². The fourth-order valence-corrected chi connectivity index (χ4v) is 4.41. The Labute approximate surface area is 203 Å². The number of rotatable bonds is 8. The molecule has 0 amide bonds. The highest BCUT2D eigenvalue weighted by Crippen LogP contribution is 2.36. The molecule has 4 rings (SSSR count). The summed E-state index contributed by atoms with van der Waals surface area (Å²) in [5.74, 6) is -0.817. The maximum absolute atomic E-state index is 14.1. The number of aromatic nitrogens is 1. The second-order valence-corrected chi connectivity index (χ2v) is 8.96. The topological polar surface area (TPSA) is 68.5 Å². The van der Waals surface area contributed by atoms with Crippen molar-refractivity contribution >= 4 is 16.7 Å². The molecule has 0 spiro atoms. The summed E-state index contributed by atoms with van der Waals surface area (Å²) in [6.45, 7) is 6.03. The number of aliphatic carboxylic acids is 1. The average Bonchev–Trinajstić information content (AvgIpc) is 2.84. The molecule has 6 heteroatoms. The summed E-state index contributed by atoms with van der Waals surface area (Å²) in [4.78, 5) is 25.0. The zero-order chi connectivity index (χ0) is 25.1. The highest BCUT2D eigenvalue weighted by molar-refractivity contribution is 5.98. The molecular weight excluding hydrogens is 445 g/mol. The number of carboxylic acids is 1. The molecule has 0 aliphatic rings. The third-order valence-corrected chi connectivity index (χ3v) is 6.07. The fraction of sp³-hybridized carbons (Fsp3) is 0.241. The molecule has 4 aromatic rings. The van der Waals surface area contributed by atoms with Crippen molar-refractivity contribution in [1.29, 1.82) is 0 Å². The Hall–Kier alpha value is -3.93. The molecule has 0 atom stereocenters. The van der Waals surface area contributed by atoms with Crippen molar-refractivity contribution < 1.29 is 19.0 Å². The molecule has 180 valence electrons. The van der Waals surface area contributed by atoms with Gasteiger partial charge in [-0.05, 0) is 65.3 Å². The third-order valence-electron chi connectivity index (χ3n) is 6.07. The highest BCUT2D eigenvalue weighted by atomic mass is 19.1. The van der Waals surface area contributed by atoms with Crippen LogP contribution in [-0.2, 0) is 17.9 Å². The van der Waals surface area contributed by atoms with E-state index in [0.717, 1.165) is 27.8 Å². The highest BCUT2D eigenvalue weighted by Gasteiger charge is 2.22. The number of hydrogen-bond acceptors (Lipinski definition) is 3. The van der Waals surface area contributed by atoms with Gasteiger partial charge in [-0.15, -0.1) is 0 Å². The lowest BCUT2D eigenvalue weighted by Gasteiger charge is -2.23. The Kier molecular flexibility index (Phi) is 7.01. The van der Waals surface area contributed by atoms with Crippen molar-refractivity contribution in [3.05, 3.63) is 99.7 Å². The Morgan fingerprint density at radius 1 is 1.03 bits per heavy atom. The van der Waals surface area contributed by atoms with Crippen molar-refractivity contribution in [2.75, 3.05) is 0 Å². The zero-order valence-electron chi connectivity index (χ0n) is 20.0. The van der Waals surface area contributed by atoms with Crippen LogP contribution in [0.15, 0.2) is 71.5 Å². The minimum atomic E-state index is -0.981. The van der Waals surface area contributed by atoms with Gasteiger partial charge in [0.1, 0.15) is 18.2 Å². The third kappa shape index (κ3) is 5.11. The van der Waals surface area contributed by atoms with Crippen LogP contribution in [0.25, 0.3) is 21.9 Å². The minimum Gasteiger partial charge on any atom is -0.489 e. The van der Waals surface area contributed by atoms with Gasteiger partial charge in [0.25, 0.3) is 5.56 Å². The van der Waals surface area contributed by atoms with E-state index in [1.807, 2.05) is 56.3 Å². The largest absolute Gasteiger partial charge is 0.489 e. The van der Waals surface area contributed by atoms with Crippen LogP contribution in [0.3, 0.4) is 0 Å². The van der Waals surface area contributed by atoms with Gasteiger partial charge in [0, 0.05) is 17.8 Å². The molecule has 1 heterocycles. The Balaban J connectivity index is 1.93. The number of hydrogen-bond donors (Lipinski definition) is 1. The number of fused-ring (bicyclic) bond motifs is 1. The monoisotopic (exact) mass is 473 g/mol. The number of nitrogens with zero attached hydrogens (tertiary/aromatic N) is 1. The van der Waals surface area contributed by atoms with E-state index < -0.39 is 5.97 Å². The second-order valence-electron chi connectivity index (χ2n) is 8.96. The van der Waals surface area contributed by atoms with Crippen LogP contribution < -0.4 is 10.3 Å². The van der Waals surface area contributed by atoms with Gasteiger partial charge in [-0.3, -0.25) is 9.59 Å². The second kappa shape index (κ2) is 10.1. The van der Waals surface area contributed by atoms with Crippen LogP contribution in [0.4, 0.5) is 4.39 Å². The first-order chi connectivity index (χ1) is 16.8. The molecule has 0 saturated heterocycles. The average molecular weight is 474 g/mol. The predicted molar refractivity (Wildman–Crippen MR) is 135 cm³/mol. The normalized spacial score (nSPS) is 11.2. The number of benzene rings is 3. The fourth-order valence-electron chi connectivity index (χ4n) is 4.41. The molecule has 5 nitrogen and oxygen atoms in total. The van der Waals surface area contributed by atoms with E-state index in [9.17, 15) is 19.1 Å². The smallest absolute Gasteiger partial charge is 0.305 e. The van der Waals surface area contributed by atoms with E-state index in [2.05, 4.69) is 0 Å². The molecule has 0 radical (unpaired) electrons. The van der Waals surface area contributed by atoms with Gasteiger partial charge >= 0.3 is 5.97 Å². The zero-order valence-corrected chi connectivity index (χ0v) is 20.0. The number of ether oxygens (including phenoxy) is 1. The van der Waals surface area contributed by atoms with E-state index in [0.29, 0.717) is 23.3 Å². The summed E-state index contributed by atoms with van der Waals surface area (Å²) in [6.07, 6.45) is -0.183. The van der Waals surface area contributed by atoms with Crippen molar-refractivity contribution in [1.82, 2.24) is 4.57 Å². The molecule has 0 saturated carbocycles. The first-order valence-electron chi connectivity index (χ1n) is 11.6. The van der Waals surface area contributed by atoms with Gasteiger partial charge in [-0.25, -0.2) is 4.39 Å². The van der Waals surface area contributed by atoms with Crippen molar-refractivity contribution in [3.63, 3.8) is 0 Å². The van der Waals surface area contributed by atoms with E-state index >= 15 is 0 Å². The summed E-state index contributed by atoms with van der Waals surface area (Å²) in [5.41, 5.74) is 3.54. The van der Waals surface area contributed by atoms with Crippen LogP contribution in [0.5, 0.6) is 5.75 Å². The van der Waals surface area contributed by atoms with Crippen LogP contribution in [0.1, 0.15) is 43.0 Å². The van der Waals surface area contributed by atoms with Gasteiger partial charge in [-0.1, -0.05) is 50.2 Å². The Bertz CT molecular complexity index is 1440. The molecule has 0 fully saturated rings. The number of carbonyl (C=O) groups is 1. The quantitative estimate of drug-likeness (QED) is 0.326. The number of carboxylic acid groups (broad SMARTS) is 1. The van der Waals surface area contributed by atoms with Crippen molar-refractivity contribution in [2.45, 2.75) is 46.3 Å². The van der Waals surface area contributed by atoms with Crippen LogP contribution >= 0.6 is 0 Å². The summed E-state index contributed by atoms with van der Waals surface area (Å²) in [7, 11) is 0. The van der Waals surface area contributed by atoms with Gasteiger partial charge in [0.15, 0.2) is 0 Å². The summed E-state index contributed by atoms with van der Waals surface area (Å²) >= 11 is 0. The lowest BCUT2D eigenvalue weighted by Crippen LogP contribution is -2.27. The summed E-state index contributed by atoms with van der Waals surface area (Å²) < 4.78 is 21.6. The molecule has 3 aromatic carbocycles. The van der Waals surface area contributed by atoms with Crippen molar-refractivity contribution in [2.24, 2.45) is 0 Å². The summed E-state index contributed by atoms with van der Waals surface area (Å²) in [5, 5.41) is 10.5. The lowest BCUT2D eigenvalue weighted by molar-refractivity contribution is -0.137. The molecule has 0 unspecified atom stereocenters. The van der Waals surface area contributed by atoms with E-state index in [1.54, 1.807) is 29.7 Å². The first kappa shape index (κ1) is 24.2. The number of aryl methyl sites for hydroxylation is 1. The first-order valence-corrected chi connectivity index (χ1v) is 11.6. The van der Waals surface area contributed by atoms with Gasteiger partial charge in [-0.2, -0.15) is 0 Å². The van der Waals surface area contributed by atoms with Gasteiger partial charge < -0.3 is 14.4 Å². The molecular formula is C29H28FNO4. The Morgan fingerprint density at radius 2 is 1.77 bits per heavy atom. The molecule has 1 N–H and O–H groups in total. The molecule has 0 aliphatic heterocycles. The maximum atomic E-state index is 14.1. The molecule has 1 aromatic heterocycles. The van der Waals surface area contributed by atoms with Gasteiger partial charge in [0.2, 0.25) is 0 Å². The van der Waals surface area contributed by atoms with Gasteiger partial charge in [0.05, 0.1) is 11.8 Å². The van der Waals surface area contributed by atoms with Crippen molar-refractivity contribution in [3.8, 4) is 16.9 Å². The summed E-state index contributed by atoms with van der Waals surface area (Å²) in [6, 6.07) is 20.0. The predicted octanol–water partition coefficient (Wildman–Crippen LogP) is 6.29. The molecule has 0 aliphatic carbocycles. The maximum Gasteiger partial charge on any atom is 0.305 e. The number of pyridine rings is 1. The minimum absolute atomic E-state index is 0.0416. The van der Waals surface area contributed by atoms with Crippen LogP contribution in [-0.4, -0.2) is 15.6 Å². The Morgan fingerprint density at radius 3 is 2.43 bits per heavy atom. The van der Waals surface area contributed by atoms with E-state index in [1.165, 1.54) is 6.07 Å². The van der Waals surface area contributed by atoms with Crippen LogP contribution in [0.2, 0.25) is 0 Å². The molecule has 35 heavy (non-hydrogen) atoms. The number of halogens is 1. The van der Waals surface area contributed by atoms with Crippen LogP contribution in [0, 0.1) is 12.7 Å².